The van der Waals surface area contributed by atoms with Crippen molar-refractivity contribution in [2.45, 2.75) is 26.7 Å². The second-order valence-electron chi connectivity index (χ2n) is 9.22. The van der Waals surface area contributed by atoms with Gasteiger partial charge in [-0.3, -0.25) is 38.3 Å². The standard InChI is InChI=1S/C24H36N12/c1-5-25-33(9-1)21-29-13-15-30(22-34-10-2-6-26-34)17-19-32(24-36-12-4-8-28-36)20-18-31(16-14-29)23-35-11-3-7-27-35/h1-12H,13-24H2. The van der Waals surface area contributed by atoms with Crippen LogP contribution >= 0.6 is 0 Å². The summed E-state index contributed by atoms with van der Waals surface area (Å²) in [5.41, 5.74) is 0. The lowest BCUT2D eigenvalue weighted by molar-refractivity contribution is 0.0805. The first-order valence-corrected chi connectivity index (χ1v) is 12.6. The smallest absolute Gasteiger partial charge is 0.0929 e. The van der Waals surface area contributed by atoms with E-state index in [0.717, 1.165) is 79.0 Å². The molecule has 0 saturated carbocycles. The summed E-state index contributed by atoms with van der Waals surface area (Å²) in [4.78, 5) is 9.95. The van der Waals surface area contributed by atoms with Gasteiger partial charge in [-0.2, -0.15) is 20.4 Å². The zero-order valence-corrected chi connectivity index (χ0v) is 20.8. The fourth-order valence-electron chi connectivity index (χ4n) is 4.50. The second kappa shape index (κ2) is 12.6. The zero-order chi connectivity index (χ0) is 24.4. The van der Waals surface area contributed by atoms with Gasteiger partial charge in [0, 0.05) is 102 Å². The predicted octanol–water partition coefficient (Wildman–Crippen LogP) is 0.625. The van der Waals surface area contributed by atoms with Crippen LogP contribution in [-0.2, 0) is 26.7 Å². The molecule has 1 saturated heterocycles. The molecule has 12 heteroatoms. The van der Waals surface area contributed by atoms with Crippen LogP contribution in [0.3, 0.4) is 0 Å². The highest BCUT2D eigenvalue weighted by molar-refractivity contribution is 4.81. The van der Waals surface area contributed by atoms with Crippen LogP contribution in [0.5, 0.6) is 0 Å². The van der Waals surface area contributed by atoms with Crippen LogP contribution in [0.2, 0.25) is 0 Å². The largest absolute Gasteiger partial charge is 0.282 e. The minimum atomic E-state index is 0.781. The minimum Gasteiger partial charge on any atom is -0.282 e. The van der Waals surface area contributed by atoms with E-state index in [1.807, 2.05) is 92.6 Å². The lowest BCUT2D eigenvalue weighted by Gasteiger charge is -2.34. The van der Waals surface area contributed by atoms with Gasteiger partial charge in [0.2, 0.25) is 0 Å². The molecule has 1 aliphatic heterocycles. The van der Waals surface area contributed by atoms with Gasteiger partial charge < -0.3 is 0 Å². The van der Waals surface area contributed by atoms with Gasteiger partial charge in [-0.15, -0.1) is 0 Å². The molecule has 5 heterocycles. The quantitative estimate of drug-likeness (QED) is 0.354. The molecule has 5 rings (SSSR count). The molecule has 0 radical (unpaired) electrons. The molecule has 4 aromatic rings. The van der Waals surface area contributed by atoms with Crippen LogP contribution in [0.1, 0.15) is 0 Å². The second-order valence-corrected chi connectivity index (χ2v) is 9.22. The Hall–Kier alpha value is -3.32. The van der Waals surface area contributed by atoms with E-state index in [4.69, 9.17) is 0 Å². The van der Waals surface area contributed by atoms with E-state index < -0.39 is 0 Å². The number of hydrogen-bond acceptors (Lipinski definition) is 8. The molecule has 0 spiro atoms. The van der Waals surface area contributed by atoms with Crippen molar-refractivity contribution >= 4 is 0 Å². The molecule has 192 valence electrons. The lowest BCUT2D eigenvalue weighted by Crippen LogP contribution is -2.47. The summed E-state index contributed by atoms with van der Waals surface area (Å²) < 4.78 is 8.03. The van der Waals surface area contributed by atoms with Gasteiger partial charge in [0.05, 0.1) is 26.7 Å². The highest BCUT2D eigenvalue weighted by Crippen LogP contribution is 2.05. The van der Waals surface area contributed by atoms with E-state index >= 15 is 0 Å². The molecular formula is C24H36N12. The number of hydrogen-bond donors (Lipinski definition) is 0. The zero-order valence-electron chi connectivity index (χ0n) is 20.8. The molecule has 0 aliphatic carbocycles. The Morgan fingerprint density at radius 1 is 0.361 bits per heavy atom. The highest BCUT2D eigenvalue weighted by atomic mass is 15.4. The van der Waals surface area contributed by atoms with Crippen molar-refractivity contribution in [1.82, 2.24) is 58.7 Å². The van der Waals surface area contributed by atoms with Crippen molar-refractivity contribution in [2.75, 3.05) is 52.4 Å². The molecule has 0 unspecified atom stereocenters. The Morgan fingerprint density at radius 3 is 0.750 bits per heavy atom. The van der Waals surface area contributed by atoms with E-state index in [1.54, 1.807) is 0 Å². The Kier molecular flexibility index (Phi) is 8.52. The molecule has 0 amide bonds. The van der Waals surface area contributed by atoms with Crippen molar-refractivity contribution in [2.24, 2.45) is 0 Å². The Balaban J connectivity index is 1.31. The van der Waals surface area contributed by atoms with Crippen LogP contribution in [-0.4, -0.2) is 111 Å². The van der Waals surface area contributed by atoms with Gasteiger partial charge in [0.15, 0.2) is 0 Å². The SMILES string of the molecule is c1cnn(CN2CCN(Cn3cccn3)CCN(Cn3cccn3)CCN(Cn3cccn3)CC2)c1. The van der Waals surface area contributed by atoms with Gasteiger partial charge in [-0.25, -0.2) is 0 Å². The van der Waals surface area contributed by atoms with Crippen LogP contribution in [0.15, 0.2) is 73.8 Å². The van der Waals surface area contributed by atoms with E-state index in [0.29, 0.717) is 0 Å². The first kappa shape index (κ1) is 24.4. The monoisotopic (exact) mass is 492 g/mol. The summed E-state index contributed by atoms with van der Waals surface area (Å²) >= 11 is 0. The van der Waals surface area contributed by atoms with Gasteiger partial charge in [0.25, 0.3) is 0 Å². The first-order valence-electron chi connectivity index (χ1n) is 12.6. The summed E-state index contributed by atoms with van der Waals surface area (Å²) in [6, 6.07) is 7.94. The molecule has 0 N–H and O–H groups in total. The van der Waals surface area contributed by atoms with Crippen LogP contribution in [0, 0.1) is 0 Å². The van der Waals surface area contributed by atoms with Gasteiger partial charge in [-0.05, 0) is 24.3 Å². The van der Waals surface area contributed by atoms with Crippen molar-refractivity contribution in [3.8, 4) is 0 Å². The maximum Gasteiger partial charge on any atom is 0.0929 e. The average molecular weight is 493 g/mol. The number of nitrogens with zero attached hydrogens (tertiary/aromatic N) is 12. The number of aromatic nitrogens is 8. The van der Waals surface area contributed by atoms with Crippen LogP contribution in [0.25, 0.3) is 0 Å². The van der Waals surface area contributed by atoms with E-state index in [1.165, 1.54) is 0 Å². The summed E-state index contributed by atoms with van der Waals surface area (Å²) in [6.45, 7) is 10.8. The van der Waals surface area contributed by atoms with Crippen molar-refractivity contribution in [1.29, 1.82) is 0 Å². The minimum absolute atomic E-state index is 0.781. The predicted molar refractivity (Wildman–Crippen MR) is 135 cm³/mol. The van der Waals surface area contributed by atoms with Gasteiger partial charge >= 0.3 is 0 Å². The first-order chi connectivity index (χ1) is 17.8. The maximum absolute atomic E-state index is 4.45. The molecule has 4 aromatic heterocycles. The highest BCUT2D eigenvalue weighted by Gasteiger charge is 2.18. The molecule has 36 heavy (non-hydrogen) atoms. The van der Waals surface area contributed by atoms with Crippen LogP contribution in [0.4, 0.5) is 0 Å². The summed E-state index contributed by atoms with van der Waals surface area (Å²) in [5.74, 6) is 0. The fraction of sp³-hybridized carbons (Fsp3) is 0.500. The van der Waals surface area contributed by atoms with E-state index in [9.17, 15) is 0 Å². The molecule has 1 fully saturated rings. The van der Waals surface area contributed by atoms with Crippen LogP contribution < -0.4 is 0 Å². The third-order valence-electron chi connectivity index (χ3n) is 6.55. The summed E-state index contributed by atoms with van der Waals surface area (Å²) in [6.07, 6.45) is 15.5. The topological polar surface area (TPSA) is 84.2 Å². The number of rotatable bonds is 8. The molecule has 0 bridgehead atoms. The Bertz CT molecular complexity index is 882. The summed E-state index contributed by atoms with van der Waals surface area (Å²) in [5, 5.41) is 17.8. The Morgan fingerprint density at radius 2 is 0.583 bits per heavy atom. The third-order valence-corrected chi connectivity index (χ3v) is 6.55. The fourth-order valence-corrected chi connectivity index (χ4v) is 4.50. The van der Waals surface area contributed by atoms with Crippen molar-refractivity contribution < 1.29 is 0 Å². The van der Waals surface area contributed by atoms with E-state index in [2.05, 4.69) is 40.0 Å². The maximum atomic E-state index is 4.45. The van der Waals surface area contributed by atoms with Crippen molar-refractivity contribution in [3.05, 3.63) is 73.8 Å². The lowest BCUT2D eigenvalue weighted by atomic mass is 10.3. The molecule has 1 aliphatic rings. The van der Waals surface area contributed by atoms with Crippen molar-refractivity contribution in [3.63, 3.8) is 0 Å². The summed E-state index contributed by atoms with van der Waals surface area (Å²) in [7, 11) is 0. The third kappa shape index (κ3) is 7.34. The average Bonchev–Trinajstić information content (AvgIpc) is 3.69. The normalized spacial score (nSPS) is 18.2. The van der Waals surface area contributed by atoms with Gasteiger partial charge in [0.1, 0.15) is 0 Å². The molecule has 12 nitrogen and oxygen atoms in total. The molecular weight excluding hydrogens is 456 g/mol. The van der Waals surface area contributed by atoms with Gasteiger partial charge in [-0.1, -0.05) is 0 Å². The molecule has 0 atom stereocenters. The molecule has 0 aromatic carbocycles. The Labute approximate surface area is 211 Å². The van der Waals surface area contributed by atoms with E-state index in [-0.39, 0.29) is 0 Å².